The largest absolute Gasteiger partial charge is 0.370 e. The molecule has 1 aliphatic carbocycles. The van der Waals surface area contributed by atoms with Crippen LogP contribution in [0.25, 0.3) is 0 Å². The van der Waals surface area contributed by atoms with E-state index < -0.39 is 0 Å². The Morgan fingerprint density at radius 2 is 1.95 bits per heavy atom. The highest BCUT2D eigenvalue weighted by Crippen LogP contribution is 2.38. The van der Waals surface area contributed by atoms with E-state index in [0.29, 0.717) is 5.92 Å². The monoisotopic (exact) mass is 293 g/mol. The summed E-state index contributed by atoms with van der Waals surface area (Å²) in [5, 5.41) is 7.79. The molecule has 2 atom stereocenters. The fraction of sp³-hybridized carbons (Fsp3) is 0.875. The number of piperidine rings is 1. The van der Waals surface area contributed by atoms with Gasteiger partial charge in [-0.15, -0.1) is 0 Å². The number of nitrogens with one attached hydrogen (secondary N) is 1. The highest BCUT2D eigenvalue weighted by molar-refractivity contribution is 5.05. The highest BCUT2D eigenvalue weighted by Gasteiger charge is 2.39. The Kier molecular flexibility index (Phi) is 4.60. The Balaban J connectivity index is 1.82. The SMILES string of the molecule is COC1(c2noc(C3NCCCC3C)n2)CCCCCC1. The molecule has 2 heterocycles. The third-order valence-electron chi connectivity index (χ3n) is 5.19. The average molecular weight is 293 g/mol. The van der Waals surface area contributed by atoms with Gasteiger partial charge in [0.1, 0.15) is 5.60 Å². The Hall–Kier alpha value is -0.940. The molecule has 1 N–H and O–H groups in total. The lowest BCUT2D eigenvalue weighted by molar-refractivity contribution is -0.0365. The van der Waals surface area contributed by atoms with Gasteiger partial charge in [0, 0.05) is 7.11 Å². The quantitative estimate of drug-likeness (QED) is 0.866. The number of hydrogen-bond donors (Lipinski definition) is 1. The van der Waals surface area contributed by atoms with E-state index in [1.165, 1.54) is 38.5 Å². The first-order valence-electron chi connectivity index (χ1n) is 8.38. The summed E-state index contributed by atoms with van der Waals surface area (Å²) in [6.45, 7) is 3.28. The van der Waals surface area contributed by atoms with E-state index in [0.717, 1.165) is 31.1 Å². The van der Waals surface area contributed by atoms with Crippen LogP contribution in [0.1, 0.15) is 76.0 Å². The lowest BCUT2D eigenvalue weighted by atomic mass is 9.92. The van der Waals surface area contributed by atoms with Crippen LogP contribution in [0.3, 0.4) is 0 Å². The Morgan fingerprint density at radius 1 is 1.19 bits per heavy atom. The molecule has 1 aliphatic heterocycles. The molecule has 1 saturated carbocycles. The van der Waals surface area contributed by atoms with Crippen LogP contribution in [0, 0.1) is 5.92 Å². The smallest absolute Gasteiger partial charge is 0.244 e. The lowest BCUT2D eigenvalue weighted by Gasteiger charge is -2.28. The third-order valence-corrected chi connectivity index (χ3v) is 5.19. The topological polar surface area (TPSA) is 60.2 Å². The third kappa shape index (κ3) is 2.99. The van der Waals surface area contributed by atoms with Gasteiger partial charge in [-0.05, 0) is 38.1 Å². The molecule has 3 rings (SSSR count). The van der Waals surface area contributed by atoms with Gasteiger partial charge >= 0.3 is 0 Å². The molecule has 118 valence electrons. The Morgan fingerprint density at radius 3 is 2.62 bits per heavy atom. The van der Waals surface area contributed by atoms with E-state index in [1.54, 1.807) is 7.11 Å². The highest BCUT2D eigenvalue weighted by atomic mass is 16.5. The van der Waals surface area contributed by atoms with Gasteiger partial charge in [-0.3, -0.25) is 0 Å². The molecule has 0 bridgehead atoms. The van der Waals surface area contributed by atoms with E-state index >= 15 is 0 Å². The number of methoxy groups -OCH3 is 1. The van der Waals surface area contributed by atoms with Gasteiger partial charge in [-0.1, -0.05) is 37.8 Å². The van der Waals surface area contributed by atoms with Crippen LogP contribution in [-0.4, -0.2) is 23.8 Å². The van der Waals surface area contributed by atoms with E-state index in [-0.39, 0.29) is 11.6 Å². The summed E-state index contributed by atoms with van der Waals surface area (Å²) in [4.78, 5) is 4.73. The van der Waals surface area contributed by atoms with Crippen LogP contribution in [0.4, 0.5) is 0 Å². The zero-order valence-corrected chi connectivity index (χ0v) is 13.2. The Labute approximate surface area is 126 Å². The van der Waals surface area contributed by atoms with Gasteiger partial charge in [0.2, 0.25) is 11.7 Å². The minimum absolute atomic E-state index is 0.194. The first-order valence-corrected chi connectivity index (χ1v) is 8.38. The maximum absolute atomic E-state index is 5.87. The van der Waals surface area contributed by atoms with Crippen LogP contribution >= 0.6 is 0 Å². The molecule has 5 nitrogen and oxygen atoms in total. The van der Waals surface area contributed by atoms with E-state index in [4.69, 9.17) is 14.2 Å². The fourth-order valence-electron chi connectivity index (χ4n) is 3.75. The molecule has 1 aromatic rings. The molecule has 2 unspecified atom stereocenters. The summed E-state index contributed by atoms with van der Waals surface area (Å²) in [6, 6.07) is 0.194. The maximum atomic E-state index is 5.87. The van der Waals surface area contributed by atoms with Gasteiger partial charge in [0.05, 0.1) is 6.04 Å². The second-order valence-electron chi connectivity index (χ2n) is 6.62. The van der Waals surface area contributed by atoms with E-state index in [1.807, 2.05) is 0 Å². The lowest BCUT2D eigenvalue weighted by Crippen LogP contribution is -2.33. The first-order chi connectivity index (χ1) is 10.2. The standard InChI is InChI=1S/C16H27N3O2/c1-12-8-7-11-17-13(12)14-18-15(19-21-14)16(20-2)9-5-3-4-6-10-16/h12-13,17H,3-11H2,1-2H3. The van der Waals surface area contributed by atoms with Gasteiger partial charge in [-0.2, -0.15) is 4.98 Å². The van der Waals surface area contributed by atoms with Gasteiger partial charge in [0.15, 0.2) is 0 Å². The molecule has 0 aromatic carbocycles. The van der Waals surface area contributed by atoms with Crippen molar-refractivity contribution in [2.45, 2.75) is 69.9 Å². The number of nitrogens with zero attached hydrogens (tertiary/aromatic N) is 2. The summed E-state index contributed by atoms with van der Waals surface area (Å²) < 4.78 is 11.5. The van der Waals surface area contributed by atoms with Crippen molar-refractivity contribution in [2.24, 2.45) is 5.92 Å². The summed E-state index contributed by atoms with van der Waals surface area (Å²) in [5.74, 6) is 2.03. The predicted molar refractivity (Wildman–Crippen MR) is 79.8 cm³/mol. The van der Waals surface area contributed by atoms with E-state index in [2.05, 4.69) is 17.4 Å². The van der Waals surface area contributed by atoms with Crippen LogP contribution in [0.5, 0.6) is 0 Å². The van der Waals surface area contributed by atoms with Crippen molar-refractivity contribution in [3.63, 3.8) is 0 Å². The average Bonchev–Trinajstić information content (AvgIpc) is 2.87. The first kappa shape index (κ1) is 15.0. The molecule has 2 aliphatic rings. The fourth-order valence-corrected chi connectivity index (χ4v) is 3.75. The van der Waals surface area contributed by atoms with E-state index in [9.17, 15) is 0 Å². The summed E-state index contributed by atoms with van der Waals surface area (Å²) >= 11 is 0. The second-order valence-corrected chi connectivity index (χ2v) is 6.62. The van der Waals surface area contributed by atoms with Crippen LogP contribution in [-0.2, 0) is 10.3 Å². The van der Waals surface area contributed by atoms with Crippen molar-refractivity contribution >= 4 is 0 Å². The van der Waals surface area contributed by atoms with Crippen molar-refractivity contribution in [3.05, 3.63) is 11.7 Å². The number of aromatic nitrogens is 2. The van der Waals surface area contributed by atoms with Gasteiger partial charge < -0.3 is 14.6 Å². The van der Waals surface area contributed by atoms with Crippen LogP contribution in [0.2, 0.25) is 0 Å². The molecule has 0 radical (unpaired) electrons. The summed E-state index contributed by atoms with van der Waals surface area (Å²) in [6.07, 6.45) is 9.33. The molecular formula is C16H27N3O2. The van der Waals surface area contributed by atoms with Crippen LogP contribution in [0.15, 0.2) is 4.52 Å². The number of ether oxygens (including phenoxy) is 1. The zero-order valence-electron chi connectivity index (χ0n) is 13.2. The maximum Gasteiger partial charge on any atom is 0.244 e. The molecule has 0 spiro atoms. The number of rotatable bonds is 3. The molecule has 21 heavy (non-hydrogen) atoms. The van der Waals surface area contributed by atoms with Crippen molar-refractivity contribution in [3.8, 4) is 0 Å². The zero-order chi connectivity index (χ0) is 14.7. The summed E-state index contributed by atoms with van der Waals surface area (Å²) in [5.41, 5.74) is -0.337. The van der Waals surface area contributed by atoms with Crippen molar-refractivity contribution in [2.75, 3.05) is 13.7 Å². The predicted octanol–water partition coefficient (Wildman–Crippen LogP) is 3.33. The minimum Gasteiger partial charge on any atom is -0.370 e. The molecule has 0 amide bonds. The van der Waals surface area contributed by atoms with Gasteiger partial charge in [-0.25, -0.2) is 0 Å². The Bertz CT molecular complexity index is 452. The molecule has 2 fully saturated rings. The van der Waals surface area contributed by atoms with Crippen molar-refractivity contribution in [1.29, 1.82) is 0 Å². The molecular weight excluding hydrogens is 266 g/mol. The molecule has 1 aromatic heterocycles. The number of hydrogen-bond acceptors (Lipinski definition) is 5. The van der Waals surface area contributed by atoms with Gasteiger partial charge in [0.25, 0.3) is 0 Å². The minimum atomic E-state index is -0.337. The second kappa shape index (κ2) is 6.44. The van der Waals surface area contributed by atoms with Crippen LogP contribution < -0.4 is 5.32 Å². The molecule has 1 saturated heterocycles. The van der Waals surface area contributed by atoms with Crippen molar-refractivity contribution in [1.82, 2.24) is 15.5 Å². The normalized spacial score (nSPS) is 30.0. The van der Waals surface area contributed by atoms with Crippen molar-refractivity contribution < 1.29 is 9.26 Å². The molecule has 5 heteroatoms. The summed E-state index contributed by atoms with van der Waals surface area (Å²) in [7, 11) is 1.78.